The van der Waals surface area contributed by atoms with Gasteiger partial charge in [-0.1, -0.05) is 27.2 Å². The highest BCUT2D eigenvalue weighted by atomic mass is 16.2. The maximum Gasteiger partial charge on any atom is 0.234 e. The third kappa shape index (κ3) is 6.94. The van der Waals surface area contributed by atoms with Crippen LogP contribution in [0, 0.1) is 5.92 Å². The first-order valence-electron chi connectivity index (χ1n) is 6.20. The highest BCUT2D eigenvalue weighted by molar-refractivity contribution is 5.82. The number of nitrogens with two attached hydrogens (primary N) is 1. The van der Waals surface area contributed by atoms with Gasteiger partial charge < -0.3 is 11.1 Å². The second kappa shape index (κ2) is 8.06. The first-order chi connectivity index (χ1) is 7.88. The number of amides is 2. The van der Waals surface area contributed by atoms with E-state index in [1.807, 2.05) is 20.8 Å². The number of carbonyl (C=O) groups excluding carboxylic acids is 2. The first kappa shape index (κ1) is 15.9. The summed E-state index contributed by atoms with van der Waals surface area (Å²) in [4.78, 5) is 22.7. The van der Waals surface area contributed by atoms with Gasteiger partial charge in [0.25, 0.3) is 0 Å². The molecule has 0 radical (unpaired) electrons. The predicted octanol–water partition coefficient (Wildman–Crippen LogP) is 0.391. The Balaban J connectivity index is 4.01. The molecular weight excluding hydrogens is 218 g/mol. The summed E-state index contributed by atoms with van der Waals surface area (Å²) in [5.41, 5.74) is 5.24. The van der Waals surface area contributed by atoms with Crippen molar-refractivity contribution in [1.82, 2.24) is 10.6 Å². The van der Waals surface area contributed by atoms with E-state index in [0.29, 0.717) is 0 Å². The van der Waals surface area contributed by atoms with E-state index in [-0.39, 0.29) is 24.4 Å². The average molecular weight is 243 g/mol. The number of nitrogens with one attached hydrogen (secondary N) is 2. The summed E-state index contributed by atoms with van der Waals surface area (Å²) in [6.07, 6.45) is 1.99. The van der Waals surface area contributed by atoms with E-state index in [2.05, 4.69) is 17.6 Å². The molecule has 2 atom stereocenters. The van der Waals surface area contributed by atoms with Crippen LogP contribution in [0.4, 0.5) is 0 Å². The van der Waals surface area contributed by atoms with Crippen molar-refractivity contribution in [2.24, 2.45) is 11.7 Å². The molecule has 0 aliphatic rings. The van der Waals surface area contributed by atoms with E-state index in [1.54, 1.807) is 0 Å². The maximum atomic E-state index is 11.6. The summed E-state index contributed by atoms with van der Waals surface area (Å²) < 4.78 is 0. The minimum atomic E-state index is -0.456. The molecule has 0 heterocycles. The zero-order valence-electron chi connectivity index (χ0n) is 11.2. The lowest BCUT2D eigenvalue weighted by atomic mass is 10.0. The van der Waals surface area contributed by atoms with Gasteiger partial charge >= 0.3 is 0 Å². The van der Waals surface area contributed by atoms with Crippen LogP contribution in [0.3, 0.4) is 0 Å². The van der Waals surface area contributed by atoms with Crippen LogP contribution in [0.25, 0.3) is 0 Å². The molecule has 5 nitrogen and oxygen atoms in total. The maximum absolute atomic E-state index is 11.6. The molecule has 0 saturated carbocycles. The summed E-state index contributed by atoms with van der Waals surface area (Å²) in [6, 6.07) is -0.289. The molecule has 0 aliphatic heterocycles. The number of hydrogen-bond donors (Lipinski definition) is 3. The SMILES string of the molecule is CCCC(C)NC(=O)CNC(C(N)=O)C(C)C. The fourth-order valence-corrected chi connectivity index (χ4v) is 1.70. The van der Waals surface area contributed by atoms with Gasteiger partial charge in [0, 0.05) is 6.04 Å². The van der Waals surface area contributed by atoms with Crippen molar-refractivity contribution in [3.8, 4) is 0 Å². The molecule has 2 amide bonds. The molecule has 5 heteroatoms. The van der Waals surface area contributed by atoms with Gasteiger partial charge in [0.2, 0.25) is 11.8 Å². The summed E-state index contributed by atoms with van der Waals surface area (Å²) in [5.74, 6) is -0.444. The fourth-order valence-electron chi connectivity index (χ4n) is 1.70. The highest BCUT2D eigenvalue weighted by Crippen LogP contribution is 2.00. The van der Waals surface area contributed by atoms with E-state index in [0.717, 1.165) is 12.8 Å². The predicted molar refractivity (Wildman–Crippen MR) is 68.3 cm³/mol. The van der Waals surface area contributed by atoms with E-state index >= 15 is 0 Å². The minimum absolute atomic E-state index is 0.0772. The van der Waals surface area contributed by atoms with Crippen LogP contribution >= 0.6 is 0 Å². The molecule has 2 unspecified atom stereocenters. The molecule has 0 aromatic heterocycles. The highest BCUT2D eigenvalue weighted by Gasteiger charge is 2.19. The van der Waals surface area contributed by atoms with Crippen molar-refractivity contribution < 1.29 is 9.59 Å². The Morgan fingerprint density at radius 3 is 2.24 bits per heavy atom. The molecule has 17 heavy (non-hydrogen) atoms. The molecule has 4 N–H and O–H groups in total. The monoisotopic (exact) mass is 243 g/mol. The van der Waals surface area contributed by atoms with Crippen molar-refractivity contribution in [2.45, 2.75) is 52.6 Å². The minimum Gasteiger partial charge on any atom is -0.368 e. The summed E-state index contributed by atoms with van der Waals surface area (Å²) in [6.45, 7) is 7.94. The Labute approximate surface area is 104 Å². The lowest BCUT2D eigenvalue weighted by Crippen LogP contribution is -2.49. The van der Waals surface area contributed by atoms with Gasteiger partial charge in [0.05, 0.1) is 12.6 Å². The molecule has 0 spiro atoms. The summed E-state index contributed by atoms with van der Waals surface area (Å²) >= 11 is 0. The Kier molecular flexibility index (Phi) is 7.54. The lowest BCUT2D eigenvalue weighted by molar-refractivity contribution is -0.122. The number of primary amides is 1. The van der Waals surface area contributed by atoms with Crippen molar-refractivity contribution in [2.75, 3.05) is 6.54 Å². The Hall–Kier alpha value is -1.10. The van der Waals surface area contributed by atoms with E-state index in [1.165, 1.54) is 0 Å². The zero-order valence-corrected chi connectivity index (χ0v) is 11.2. The number of carbonyl (C=O) groups is 2. The standard InChI is InChI=1S/C12H25N3O2/c1-5-6-9(4)15-10(16)7-14-11(8(2)3)12(13)17/h8-9,11,14H,5-7H2,1-4H3,(H2,13,17)(H,15,16). The van der Waals surface area contributed by atoms with Gasteiger partial charge in [-0.05, 0) is 19.3 Å². The summed E-state index contributed by atoms with van der Waals surface area (Å²) in [5, 5.41) is 5.74. The molecular formula is C12H25N3O2. The lowest BCUT2D eigenvalue weighted by Gasteiger charge is -2.19. The van der Waals surface area contributed by atoms with Crippen molar-refractivity contribution in [3.05, 3.63) is 0 Å². The van der Waals surface area contributed by atoms with Gasteiger partial charge in [0.15, 0.2) is 0 Å². The molecule has 100 valence electrons. The van der Waals surface area contributed by atoms with Crippen LogP contribution in [0.2, 0.25) is 0 Å². The number of hydrogen-bond acceptors (Lipinski definition) is 3. The second-order valence-corrected chi connectivity index (χ2v) is 4.76. The topological polar surface area (TPSA) is 84.2 Å². The Morgan fingerprint density at radius 1 is 1.24 bits per heavy atom. The van der Waals surface area contributed by atoms with Crippen molar-refractivity contribution in [1.29, 1.82) is 0 Å². The van der Waals surface area contributed by atoms with E-state index in [9.17, 15) is 9.59 Å². The van der Waals surface area contributed by atoms with Crippen LogP contribution < -0.4 is 16.4 Å². The molecule has 0 fully saturated rings. The van der Waals surface area contributed by atoms with Gasteiger partial charge in [-0.25, -0.2) is 0 Å². The van der Waals surface area contributed by atoms with E-state index < -0.39 is 11.9 Å². The average Bonchev–Trinajstić information content (AvgIpc) is 2.16. The fraction of sp³-hybridized carbons (Fsp3) is 0.833. The van der Waals surface area contributed by atoms with Crippen LogP contribution in [0.1, 0.15) is 40.5 Å². The van der Waals surface area contributed by atoms with Crippen LogP contribution in [-0.4, -0.2) is 30.4 Å². The largest absolute Gasteiger partial charge is 0.368 e. The second-order valence-electron chi connectivity index (χ2n) is 4.76. The summed E-state index contributed by atoms with van der Waals surface area (Å²) in [7, 11) is 0. The van der Waals surface area contributed by atoms with Crippen LogP contribution in [0.15, 0.2) is 0 Å². The van der Waals surface area contributed by atoms with Gasteiger partial charge in [-0.15, -0.1) is 0 Å². The van der Waals surface area contributed by atoms with Gasteiger partial charge in [-0.3, -0.25) is 14.9 Å². The first-order valence-corrected chi connectivity index (χ1v) is 6.20. The smallest absolute Gasteiger partial charge is 0.234 e. The third-order valence-electron chi connectivity index (χ3n) is 2.58. The van der Waals surface area contributed by atoms with Gasteiger partial charge in [-0.2, -0.15) is 0 Å². The molecule has 0 rings (SSSR count). The van der Waals surface area contributed by atoms with Crippen LogP contribution in [-0.2, 0) is 9.59 Å². The van der Waals surface area contributed by atoms with Crippen molar-refractivity contribution >= 4 is 11.8 Å². The zero-order chi connectivity index (χ0) is 13.4. The molecule has 0 bridgehead atoms. The molecule has 0 aromatic rings. The number of rotatable bonds is 8. The Morgan fingerprint density at radius 2 is 1.82 bits per heavy atom. The van der Waals surface area contributed by atoms with E-state index in [4.69, 9.17) is 5.73 Å². The molecule has 0 saturated heterocycles. The Bertz CT molecular complexity index is 254. The van der Waals surface area contributed by atoms with Gasteiger partial charge in [0.1, 0.15) is 0 Å². The molecule has 0 aromatic carbocycles. The molecule has 0 aliphatic carbocycles. The quantitative estimate of drug-likeness (QED) is 0.576. The normalized spacial score (nSPS) is 14.4. The third-order valence-corrected chi connectivity index (χ3v) is 2.58. The van der Waals surface area contributed by atoms with Crippen molar-refractivity contribution in [3.63, 3.8) is 0 Å². The van der Waals surface area contributed by atoms with Crippen LogP contribution in [0.5, 0.6) is 0 Å².